The second kappa shape index (κ2) is 10.0. The van der Waals surface area contributed by atoms with E-state index in [1.165, 1.54) is 28.9 Å². The number of rotatable bonds is 6. The van der Waals surface area contributed by atoms with Crippen molar-refractivity contribution in [2.24, 2.45) is 0 Å². The number of hydrogen-bond donors (Lipinski definition) is 2. The second-order valence-electron chi connectivity index (χ2n) is 9.65. The molecule has 0 bridgehead atoms. The van der Waals surface area contributed by atoms with Crippen LogP contribution in [0.3, 0.4) is 0 Å². The van der Waals surface area contributed by atoms with Gasteiger partial charge in [-0.25, -0.2) is 14.0 Å². The topological polar surface area (TPSA) is 118 Å². The van der Waals surface area contributed by atoms with E-state index >= 15 is 0 Å². The predicted octanol–water partition coefficient (Wildman–Crippen LogP) is 2.43. The van der Waals surface area contributed by atoms with Crippen molar-refractivity contribution in [1.29, 1.82) is 0 Å². The molecule has 3 rings (SSSR count). The van der Waals surface area contributed by atoms with Gasteiger partial charge in [-0.05, 0) is 45.7 Å². The molecule has 1 aromatic carbocycles. The van der Waals surface area contributed by atoms with Gasteiger partial charge in [0.15, 0.2) is 11.6 Å². The van der Waals surface area contributed by atoms with E-state index in [0.29, 0.717) is 18.8 Å². The van der Waals surface area contributed by atoms with Gasteiger partial charge in [-0.3, -0.25) is 9.69 Å². The zero-order valence-electron chi connectivity index (χ0n) is 19.9. The molecule has 2 N–H and O–H groups in total. The van der Waals surface area contributed by atoms with Crippen LogP contribution in [0.5, 0.6) is 5.75 Å². The van der Waals surface area contributed by atoms with Gasteiger partial charge >= 0.3 is 12.2 Å². The molecule has 34 heavy (non-hydrogen) atoms. The number of benzene rings is 1. The van der Waals surface area contributed by atoms with Crippen LogP contribution in [0.25, 0.3) is 0 Å². The number of likely N-dealkylation sites (tertiary alicyclic amines) is 1. The summed E-state index contributed by atoms with van der Waals surface area (Å²) in [4.78, 5) is 38.2. The lowest BCUT2D eigenvalue weighted by Crippen LogP contribution is -2.50. The van der Waals surface area contributed by atoms with Crippen molar-refractivity contribution in [3.05, 3.63) is 24.0 Å². The quantitative estimate of drug-likeness (QED) is 0.641. The first kappa shape index (κ1) is 25.5. The van der Waals surface area contributed by atoms with Crippen LogP contribution in [0.2, 0.25) is 0 Å². The lowest BCUT2D eigenvalue weighted by molar-refractivity contribution is -0.119. The first-order valence-electron chi connectivity index (χ1n) is 11.2. The summed E-state index contributed by atoms with van der Waals surface area (Å²) in [5.74, 6) is -0.987. The maximum absolute atomic E-state index is 14.7. The van der Waals surface area contributed by atoms with Crippen molar-refractivity contribution in [1.82, 2.24) is 10.2 Å². The molecule has 11 heteroatoms. The Balaban J connectivity index is 1.53. The number of carbonyl (C=O) groups excluding carboxylic acids is 3. The third kappa shape index (κ3) is 6.72. The van der Waals surface area contributed by atoms with Crippen molar-refractivity contribution in [3.8, 4) is 5.75 Å². The molecular formula is C23H32FN3O7. The second-order valence-corrected chi connectivity index (χ2v) is 9.65. The molecule has 2 saturated heterocycles. The summed E-state index contributed by atoms with van der Waals surface area (Å²) >= 11 is 0. The number of aliphatic hydroxyl groups is 1. The SMILES string of the molecule is CC(=O)NC[C@H]1CN(c2ccc(OCC3(O)CCN(C(=O)OC(C)(C)C)CC3)c(F)c2)C(=O)O1. The molecule has 0 aliphatic carbocycles. The predicted molar refractivity (Wildman–Crippen MR) is 120 cm³/mol. The van der Waals surface area contributed by atoms with E-state index in [4.69, 9.17) is 14.2 Å². The number of carbonyl (C=O) groups is 3. The summed E-state index contributed by atoms with van der Waals surface area (Å²) in [6.07, 6.45) is -1.06. The van der Waals surface area contributed by atoms with Crippen molar-refractivity contribution >= 4 is 23.8 Å². The average molecular weight is 482 g/mol. The standard InChI is InChI=1S/C23H32FN3O7/c1-15(28)25-12-17-13-27(21(30)33-17)16-5-6-19(18(24)11-16)32-14-23(31)7-9-26(10-8-23)20(29)34-22(2,3)4/h5-6,11,17,31H,7-10,12-14H2,1-4H3,(H,25,28)/t17-/m0/s1. The Kier molecular flexibility index (Phi) is 7.54. The summed E-state index contributed by atoms with van der Waals surface area (Å²) in [6, 6.07) is 4.07. The Morgan fingerprint density at radius 1 is 1.29 bits per heavy atom. The molecule has 2 aliphatic heterocycles. The van der Waals surface area contributed by atoms with Gasteiger partial charge in [0.2, 0.25) is 5.91 Å². The molecule has 2 heterocycles. The van der Waals surface area contributed by atoms with Crippen molar-refractivity contribution in [3.63, 3.8) is 0 Å². The first-order valence-corrected chi connectivity index (χ1v) is 11.2. The maximum Gasteiger partial charge on any atom is 0.414 e. The molecule has 0 radical (unpaired) electrons. The Bertz CT molecular complexity index is 926. The van der Waals surface area contributed by atoms with Crippen LogP contribution >= 0.6 is 0 Å². The Hall–Kier alpha value is -3.08. The van der Waals surface area contributed by atoms with E-state index < -0.39 is 35.3 Å². The number of anilines is 1. The lowest BCUT2D eigenvalue weighted by atomic mass is 9.92. The number of cyclic esters (lactones) is 1. The third-order valence-electron chi connectivity index (χ3n) is 5.52. The number of hydrogen-bond acceptors (Lipinski definition) is 7. The minimum absolute atomic E-state index is 0.0610. The van der Waals surface area contributed by atoms with E-state index in [1.807, 2.05) is 0 Å². The van der Waals surface area contributed by atoms with Crippen LogP contribution in [0.4, 0.5) is 19.7 Å². The number of nitrogens with one attached hydrogen (secondary N) is 1. The minimum Gasteiger partial charge on any atom is -0.488 e. The lowest BCUT2D eigenvalue weighted by Gasteiger charge is -2.38. The van der Waals surface area contributed by atoms with Gasteiger partial charge in [-0.2, -0.15) is 0 Å². The van der Waals surface area contributed by atoms with Crippen molar-refractivity contribution in [2.75, 3.05) is 37.7 Å². The molecule has 0 spiro atoms. The summed E-state index contributed by atoms with van der Waals surface area (Å²) in [6.45, 7) is 7.53. The molecule has 3 amide bonds. The monoisotopic (exact) mass is 481 g/mol. The molecule has 10 nitrogen and oxygen atoms in total. The van der Waals surface area contributed by atoms with Gasteiger partial charge in [0.25, 0.3) is 0 Å². The summed E-state index contributed by atoms with van der Waals surface area (Å²) in [7, 11) is 0. The number of ether oxygens (including phenoxy) is 3. The first-order chi connectivity index (χ1) is 15.8. The molecule has 1 atom stereocenters. The van der Waals surface area contributed by atoms with Crippen LogP contribution in [0.15, 0.2) is 18.2 Å². The summed E-state index contributed by atoms with van der Waals surface area (Å²) in [5.41, 5.74) is -1.51. The molecule has 0 aromatic heterocycles. The molecule has 2 fully saturated rings. The van der Waals surface area contributed by atoms with E-state index in [9.17, 15) is 23.9 Å². The highest BCUT2D eigenvalue weighted by molar-refractivity contribution is 5.90. The molecule has 0 unspecified atom stereocenters. The Morgan fingerprint density at radius 2 is 1.97 bits per heavy atom. The number of piperidine rings is 1. The van der Waals surface area contributed by atoms with Gasteiger partial charge in [0.05, 0.1) is 18.8 Å². The largest absolute Gasteiger partial charge is 0.488 e. The summed E-state index contributed by atoms with van der Waals surface area (Å²) in [5, 5.41) is 13.4. The van der Waals surface area contributed by atoms with Crippen LogP contribution < -0.4 is 15.0 Å². The number of nitrogens with zero attached hydrogens (tertiary/aromatic N) is 2. The van der Waals surface area contributed by atoms with E-state index in [0.717, 1.165) is 6.07 Å². The van der Waals surface area contributed by atoms with Crippen LogP contribution in [-0.2, 0) is 14.3 Å². The highest BCUT2D eigenvalue weighted by Gasteiger charge is 2.37. The normalized spacial score (nSPS) is 20.1. The highest BCUT2D eigenvalue weighted by Crippen LogP contribution is 2.29. The smallest absolute Gasteiger partial charge is 0.414 e. The summed E-state index contributed by atoms with van der Waals surface area (Å²) < 4.78 is 30.8. The zero-order valence-corrected chi connectivity index (χ0v) is 19.9. The van der Waals surface area contributed by atoms with Crippen molar-refractivity contribution < 1.29 is 38.1 Å². The molecule has 2 aliphatic rings. The average Bonchev–Trinajstić information content (AvgIpc) is 3.11. The zero-order chi connectivity index (χ0) is 25.1. The fourth-order valence-electron chi connectivity index (χ4n) is 3.66. The Morgan fingerprint density at radius 3 is 2.56 bits per heavy atom. The molecule has 1 aromatic rings. The maximum atomic E-state index is 14.7. The molecular weight excluding hydrogens is 449 g/mol. The van der Waals surface area contributed by atoms with Crippen molar-refractivity contribution in [2.45, 2.75) is 57.8 Å². The minimum atomic E-state index is -1.21. The van der Waals surface area contributed by atoms with Gasteiger partial charge in [-0.15, -0.1) is 0 Å². The Labute approximate surface area is 197 Å². The van der Waals surface area contributed by atoms with Crippen LogP contribution in [0.1, 0.15) is 40.5 Å². The van der Waals surface area contributed by atoms with Gasteiger partial charge in [0, 0.05) is 26.1 Å². The molecule has 188 valence electrons. The van der Waals surface area contributed by atoms with Gasteiger partial charge < -0.3 is 29.5 Å². The third-order valence-corrected chi connectivity index (χ3v) is 5.52. The number of halogens is 1. The van der Waals surface area contributed by atoms with E-state index in [1.54, 1.807) is 20.8 Å². The van der Waals surface area contributed by atoms with Gasteiger partial charge in [0.1, 0.15) is 23.9 Å². The number of amides is 3. The van der Waals surface area contributed by atoms with E-state index in [2.05, 4.69) is 5.32 Å². The fourth-order valence-corrected chi connectivity index (χ4v) is 3.66. The molecule has 0 saturated carbocycles. The van der Waals surface area contributed by atoms with Crippen LogP contribution in [-0.4, -0.2) is 78.2 Å². The fraction of sp³-hybridized carbons (Fsp3) is 0.609. The highest BCUT2D eigenvalue weighted by atomic mass is 19.1. The van der Waals surface area contributed by atoms with Crippen LogP contribution in [0, 0.1) is 5.82 Å². The van der Waals surface area contributed by atoms with Gasteiger partial charge in [-0.1, -0.05) is 0 Å². The van der Waals surface area contributed by atoms with E-state index in [-0.39, 0.29) is 44.2 Å².